The summed E-state index contributed by atoms with van der Waals surface area (Å²) in [5, 5.41) is 1.07. The van der Waals surface area contributed by atoms with Gasteiger partial charge in [-0.2, -0.15) is 0 Å². The molecule has 0 spiro atoms. The van der Waals surface area contributed by atoms with Crippen molar-refractivity contribution in [3.63, 3.8) is 0 Å². The molecule has 0 aliphatic carbocycles. The molecule has 2 amide bonds. The lowest BCUT2D eigenvalue weighted by atomic mass is 10.1. The lowest BCUT2D eigenvalue weighted by Gasteiger charge is -2.37. The quantitative estimate of drug-likeness (QED) is 0.730. The number of nitrogens with one attached hydrogen (secondary N) is 1. The number of H-pyrrole nitrogens is 1. The summed E-state index contributed by atoms with van der Waals surface area (Å²) in [6.45, 7) is 3.36. The third-order valence-corrected chi connectivity index (χ3v) is 7.02. The molecule has 2 fully saturated rings. The highest BCUT2D eigenvalue weighted by atomic mass is 32.2. The SMILES string of the molecule is CS(=O)(=O)CCN1CCN(C(=O)C2CCC(=O)N2Cc2c[nH]c3ccccc23)CC1. The van der Waals surface area contributed by atoms with E-state index < -0.39 is 15.9 Å². The second kappa shape index (κ2) is 8.39. The standard InChI is InChI=1S/C21H28N4O4S/c1-30(28,29)13-12-23-8-10-24(11-9-23)21(27)19-6-7-20(26)25(19)15-16-14-22-18-5-3-2-4-17(16)18/h2-5,14,19,22H,6-13,15H2,1H3. The molecule has 2 saturated heterocycles. The third-order valence-electron chi connectivity index (χ3n) is 6.09. The van der Waals surface area contributed by atoms with Crippen molar-refractivity contribution in [1.29, 1.82) is 0 Å². The van der Waals surface area contributed by atoms with Crippen LogP contribution in [-0.2, 0) is 26.0 Å². The summed E-state index contributed by atoms with van der Waals surface area (Å²) in [5.41, 5.74) is 2.04. The molecular formula is C21H28N4O4S. The zero-order chi connectivity index (χ0) is 21.3. The van der Waals surface area contributed by atoms with E-state index >= 15 is 0 Å². The highest BCUT2D eigenvalue weighted by Crippen LogP contribution is 2.26. The Bertz CT molecular complexity index is 1040. The Morgan fingerprint density at radius 3 is 2.63 bits per heavy atom. The van der Waals surface area contributed by atoms with Crippen LogP contribution in [0.25, 0.3) is 10.9 Å². The second-order valence-corrected chi connectivity index (χ2v) is 10.5. The maximum absolute atomic E-state index is 13.2. The molecule has 0 radical (unpaired) electrons. The number of benzene rings is 1. The summed E-state index contributed by atoms with van der Waals surface area (Å²) in [6.07, 6.45) is 4.10. The number of aromatic nitrogens is 1. The number of piperazine rings is 1. The molecule has 0 bridgehead atoms. The molecule has 3 heterocycles. The Morgan fingerprint density at radius 1 is 1.17 bits per heavy atom. The van der Waals surface area contributed by atoms with Gasteiger partial charge in [0.2, 0.25) is 11.8 Å². The fourth-order valence-electron chi connectivity index (χ4n) is 4.33. The normalized spacial score (nSPS) is 21.0. The first-order valence-electron chi connectivity index (χ1n) is 10.4. The molecule has 1 atom stereocenters. The lowest BCUT2D eigenvalue weighted by molar-refractivity contribution is -0.143. The fraction of sp³-hybridized carbons (Fsp3) is 0.524. The van der Waals surface area contributed by atoms with Crippen LogP contribution >= 0.6 is 0 Å². The highest BCUT2D eigenvalue weighted by Gasteiger charge is 2.39. The minimum atomic E-state index is -2.99. The van der Waals surface area contributed by atoms with Gasteiger partial charge in [-0.15, -0.1) is 0 Å². The number of fused-ring (bicyclic) bond motifs is 1. The van der Waals surface area contributed by atoms with Crippen molar-refractivity contribution in [1.82, 2.24) is 19.7 Å². The van der Waals surface area contributed by atoms with Gasteiger partial charge in [-0.25, -0.2) is 8.42 Å². The summed E-state index contributed by atoms with van der Waals surface area (Å²) in [7, 11) is -2.99. The summed E-state index contributed by atoms with van der Waals surface area (Å²) in [4.78, 5) is 34.6. The number of para-hydroxylation sites is 1. The van der Waals surface area contributed by atoms with E-state index in [1.165, 1.54) is 6.26 Å². The molecule has 2 aliphatic rings. The van der Waals surface area contributed by atoms with Crippen LogP contribution < -0.4 is 0 Å². The zero-order valence-corrected chi connectivity index (χ0v) is 18.0. The Hall–Kier alpha value is -2.39. The van der Waals surface area contributed by atoms with Crippen molar-refractivity contribution in [2.75, 3.05) is 44.7 Å². The first-order valence-corrected chi connectivity index (χ1v) is 12.4. The van der Waals surface area contributed by atoms with Crippen molar-refractivity contribution in [2.24, 2.45) is 0 Å². The highest BCUT2D eigenvalue weighted by molar-refractivity contribution is 7.90. The number of amides is 2. The molecule has 1 aromatic carbocycles. The number of hydrogen-bond donors (Lipinski definition) is 1. The second-order valence-electron chi connectivity index (χ2n) is 8.23. The van der Waals surface area contributed by atoms with Crippen LogP contribution in [0.15, 0.2) is 30.5 Å². The number of carbonyl (C=O) groups is 2. The number of nitrogens with zero attached hydrogens (tertiary/aromatic N) is 3. The van der Waals surface area contributed by atoms with Crippen LogP contribution in [0.3, 0.4) is 0 Å². The van der Waals surface area contributed by atoms with E-state index in [4.69, 9.17) is 0 Å². The number of aromatic amines is 1. The number of likely N-dealkylation sites (tertiary alicyclic amines) is 1. The van der Waals surface area contributed by atoms with Gasteiger partial charge in [-0.1, -0.05) is 18.2 Å². The molecule has 162 valence electrons. The van der Waals surface area contributed by atoms with Crippen LogP contribution in [0, 0.1) is 0 Å². The van der Waals surface area contributed by atoms with Gasteiger partial charge < -0.3 is 14.8 Å². The molecule has 1 N–H and O–H groups in total. The van der Waals surface area contributed by atoms with Crippen molar-refractivity contribution in [3.05, 3.63) is 36.0 Å². The number of sulfone groups is 1. The largest absolute Gasteiger partial charge is 0.361 e. The van der Waals surface area contributed by atoms with E-state index in [1.807, 2.05) is 35.4 Å². The third kappa shape index (κ3) is 4.52. The van der Waals surface area contributed by atoms with Crippen molar-refractivity contribution >= 4 is 32.6 Å². The van der Waals surface area contributed by atoms with Gasteiger partial charge in [-0.3, -0.25) is 14.5 Å². The minimum absolute atomic E-state index is 0.00320. The predicted octanol–water partition coefficient (Wildman–Crippen LogP) is 0.848. The Morgan fingerprint density at radius 2 is 1.90 bits per heavy atom. The van der Waals surface area contributed by atoms with Crippen LogP contribution in [0.1, 0.15) is 18.4 Å². The molecule has 2 aliphatic heterocycles. The van der Waals surface area contributed by atoms with E-state index in [2.05, 4.69) is 9.88 Å². The van der Waals surface area contributed by atoms with E-state index in [1.54, 1.807) is 4.90 Å². The van der Waals surface area contributed by atoms with Crippen molar-refractivity contribution < 1.29 is 18.0 Å². The molecule has 4 rings (SSSR count). The molecule has 30 heavy (non-hydrogen) atoms. The van der Waals surface area contributed by atoms with E-state index in [-0.39, 0.29) is 17.6 Å². The lowest BCUT2D eigenvalue weighted by Crippen LogP contribution is -2.54. The maximum Gasteiger partial charge on any atom is 0.245 e. The smallest absolute Gasteiger partial charge is 0.245 e. The topological polar surface area (TPSA) is 93.8 Å². The van der Waals surface area contributed by atoms with Gasteiger partial charge in [0.25, 0.3) is 0 Å². The number of carbonyl (C=O) groups excluding carboxylic acids is 2. The van der Waals surface area contributed by atoms with Crippen molar-refractivity contribution in [3.8, 4) is 0 Å². The van der Waals surface area contributed by atoms with Gasteiger partial charge in [0.05, 0.1) is 5.75 Å². The molecule has 2 aromatic rings. The zero-order valence-electron chi connectivity index (χ0n) is 17.2. The van der Waals surface area contributed by atoms with E-state index in [9.17, 15) is 18.0 Å². The first kappa shape index (κ1) is 20.9. The maximum atomic E-state index is 13.2. The molecular weight excluding hydrogens is 404 g/mol. The summed E-state index contributed by atoms with van der Waals surface area (Å²) < 4.78 is 22.7. The fourth-order valence-corrected chi connectivity index (χ4v) is 4.92. The Labute approximate surface area is 176 Å². The van der Waals surface area contributed by atoms with Gasteiger partial charge in [0.1, 0.15) is 15.9 Å². The minimum Gasteiger partial charge on any atom is -0.361 e. The molecule has 0 saturated carbocycles. The Balaban J connectivity index is 1.39. The average molecular weight is 433 g/mol. The Kier molecular flexibility index (Phi) is 5.84. The van der Waals surface area contributed by atoms with Gasteiger partial charge >= 0.3 is 0 Å². The van der Waals surface area contributed by atoms with Gasteiger partial charge in [-0.05, 0) is 18.1 Å². The van der Waals surface area contributed by atoms with Crippen LogP contribution in [0.5, 0.6) is 0 Å². The molecule has 1 aromatic heterocycles. The van der Waals surface area contributed by atoms with E-state index in [0.717, 1.165) is 16.5 Å². The summed E-state index contributed by atoms with van der Waals surface area (Å²) >= 11 is 0. The average Bonchev–Trinajstić information content (AvgIpc) is 3.30. The summed E-state index contributed by atoms with van der Waals surface area (Å²) in [6, 6.07) is 7.53. The number of rotatable bonds is 6. The molecule has 1 unspecified atom stereocenters. The van der Waals surface area contributed by atoms with E-state index in [0.29, 0.717) is 52.1 Å². The molecule has 8 nitrogen and oxygen atoms in total. The van der Waals surface area contributed by atoms with Crippen LogP contribution in [0.2, 0.25) is 0 Å². The van der Waals surface area contributed by atoms with Crippen molar-refractivity contribution in [2.45, 2.75) is 25.4 Å². The predicted molar refractivity (Wildman–Crippen MR) is 115 cm³/mol. The number of hydrogen-bond acceptors (Lipinski definition) is 5. The van der Waals surface area contributed by atoms with Gasteiger partial charge in [0, 0.05) is 69.0 Å². The summed E-state index contributed by atoms with van der Waals surface area (Å²) in [5.74, 6) is 0.157. The van der Waals surface area contributed by atoms with Crippen LogP contribution in [0.4, 0.5) is 0 Å². The van der Waals surface area contributed by atoms with Gasteiger partial charge in [0.15, 0.2) is 0 Å². The van der Waals surface area contributed by atoms with Crippen LogP contribution in [-0.4, -0.2) is 90.7 Å². The first-order chi connectivity index (χ1) is 14.3. The monoisotopic (exact) mass is 432 g/mol. The molecule has 9 heteroatoms.